The van der Waals surface area contributed by atoms with Crippen LogP contribution in [0, 0.1) is 0 Å². The first kappa shape index (κ1) is 57.0. The number of phosphoric acid groups is 1. The number of unbranched alkanes of at least 4 members (excludes halogenated alkanes) is 33. The lowest BCUT2D eigenvalue weighted by Gasteiger charge is -2.20. The van der Waals surface area contributed by atoms with Gasteiger partial charge in [0.2, 0.25) is 0 Å². The van der Waals surface area contributed by atoms with E-state index in [1.165, 1.54) is 180 Å². The smallest absolute Gasteiger partial charge is 0.462 e. The van der Waals surface area contributed by atoms with E-state index < -0.39 is 51.8 Å². The maximum Gasteiger partial charge on any atom is 0.472 e. The number of carbonyl (C=O) groups excluding carboxylic acids is 2. The molecule has 3 unspecified atom stereocenters. The van der Waals surface area contributed by atoms with E-state index in [1.807, 2.05) is 0 Å². The first-order valence-electron chi connectivity index (χ1n) is 24.5. The van der Waals surface area contributed by atoms with Crippen LogP contribution >= 0.6 is 7.82 Å². The van der Waals surface area contributed by atoms with Gasteiger partial charge in [0.25, 0.3) is 0 Å². The van der Waals surface area contributed by atoms with Crippen LogP contribution in [0.2, 0.25) is 0 Å². The SMILES string of the molecule is CCCCCCCCCCCCCCCCCCCCCCC(=O)OC(COC(=O)CCCCCCCCCCCCCCCCC)COP(=O)(O)OCC(O)CO. The Morgan fingerprint density at radius 2 is 0.741 bits per heavy atom. The van der Waals surface area contributed by atoms with Gasteiger partial charge in [0.1, 0.15) is 12.7 Å². The zero-order valence-corrected chi connectivity index (χ0v) is 38.7. The normalized spacial score (nSPS) is 13.7. The van der Waals surface area contributed by atoms with Crippen LogP contribution in [-0.2, 0) is 32.7 Å². The van der Waals surface area contributed by atoms with Crippen LogP contribution in [0.3, 0.4) is 0 Å². The van der Waals surface area contributed by atoms with Gasteiger partial charge >= 0.3 is 19.8 Å². The predicted molar refractivity (Wildman–Crippen MR) is 238 cm³/mol. The van der Waals surface area contributed by atoms with Crippen molar-refractivity contribution in [3.8, 4) is 0 Å². The van der Waals surface area contributed by atoms with Crippen molar-refractivity contribution in [1.29, 1.82) is 0 Å². The molecular weight excluding hydrogens is 755 g/mol. The first-order chi connectivity index (χ1) is 28.2. The van der Waals surface area contributed by atoms with Crippen LogP contribution in [0.5, 0.6) is 0 Å². The van der Waals surface area contributed by atoms with Gasteiger partial charge in [0.15, 0.2) is 6.10 Å². The Bertz CT molecular complexity index is 935. The van der Waals surface area contributed by atoms with Gasteiger partial charge in [-0.15, -0.1) is 0 Å². The second-order valence-corrected chi connectivity index (χ2v) is 18.3. The average molecular weight is 849 g/mol. The quantitative estimate of drug-likeness (QED) is 0.0307. The molecule has 0 fully saturated rings. The zero-order chi connectivity index (χ0) is 42.6. The predicted octanol–water partition coefficient (Wildman–Crippen LogP) is 13.4. The summed E-state index contributed by atoms with van der Waals surface area (Å²) in [6, 6.07) is 0. The van der Waals surface area contributed by atoms with Crippen molar-refractivity contribution in [1.82, 2.24) is 0 Å². The maximum atomic E-state index is 12.7. The Morgan fingerprint density at radius 3 is 1.07 bits per heavy atom. The minimum atomic E-state index is -4.61. The monoisotopic (exact) mass is 849 g/mol. The summed E-state index contributed by atoms with van der Waals surface area (Å²) in [5.41, 5.74) is 0. The number of phosphoric ester groups is 1. The zero-order valence-electron chi connectivity index (χ0n) is 37.8. The van der Waals surface area contributed by atoms with Crippen molar-refractivity contribution in [3.63, 3.8) is 0 Å². The summed E-state index contributed by atoms with van der Waals surface area (Å²) in [5, 5.41) is 18.4. The van der Waals surface area contributed by atoms with E-state index in [0.29, 0.717) is 12.8 Å². The van der Waals surface area contributed by atoms with Gasteiger partial charge in [-0.3, -0.25) is 18.6 Å². The lowest BCUT2D eigenvalue weighted by Crippen LogP contribution is -2.29. The van der Waals surface area contributed by atoms with Gasteiger partial charge in [0.05, 0.1) is 19.8 Å². The Kier molecular flexibility index (Phi) is 43.3. The third-order valence-corrected chi connectivity index (χ3v) is 12.0. The number of ether oxygens (including phenoxy) is 2. The summed E-state index contributed by atoms with van der Waals surface area (Å²) < 4.78 is 32.8. The molecule has 11 heteroatoms. The van der Waals surface area contributed by atoms with Crippen molar-refractivity contribution in [3.05, 3.63) is 0 Å². The fraction of sp³-hybridized carbons (Fsp3) is 0.957. The molecule has 0 heterocycles. The molecule has 0 saturated heterocycles. The second-order valence-electron chi connectivity index (χ2n) is 16.9. The number of hydrogen-bond acceptors (Lipinski definition) is 9. The van der Waals surface area contributed by atoms with E-state index in [2.05, 4.69) is 13.8 Å². The van der Waals surface area contributed by atoms with E-state index in [1.54, 1.807) is 0 Å². The number of aliphatic hydroxyl groups is 2. The van der Waals surface area contributed by atoms with Crippen molar-refractivity contribution < 1.29 is 47.8 Å². The highest BCUT2D eigenvalue weighted by Crippen LogP contribution is 2.43. The van der Waals surface area contributed by atoms with Crippen LogP contribution in [0.15, 0.2) is 0 Å². The van der Waals surface area contributed by atoms with Crippen LogP contribution in [0.25, 0.3) is 0 Å². The molecule has 3 atom stereocenters. The number of hydrogen-bond donors (Lipinski definition) is 3. The summed E-state index contributed by atoms with van der Waals surface area (Å²) in [4.78, 5) is 35.1. The Hall–Kier alpha value is -1.03. The first-order valence-corrected chi connectivity index (χ1v) is 26.0. The highest BCUT2D eigenvalue weighted by molar-refractivity contribution is 7.47. The van der Waals surface area contributed by atoms with Crippen LogP contribution in [0.4, 0.5) is 0 Å². The fourth-order valence-corrected chi connectivity index (χ4v) is 8.02. The van der Waals surface area contributed by atoms with Crippen molar-refractivity contribution in [2.75, 3.05) is 26.4 Å². The number of aliphatic hydroxyl groups excluding tert-OH is 2. The second kappa shape index (κ2) is 44.0. The molecule has 10 nitrogen and oxygen atoms in total. The molecule has 346 valence electrons. The van der Waals surface area contributed by atoms with E-state index in [4.69, 9.17) is 23.6 Å². The number of esters is 2. The Labute approximate surface area is 356 Å². The minimum Gasteiger partial charge on any atom is -0.462 e. The van der Waals surface area contributed by atoms with E-state index in [9.17, 15) is 24.2 Å². The third-order valence-electron chi connectivity index (χ3n) is 11.0. The summed E-state index contributed by atoms with van der Waals surface area (Å²) in [5.74, 6) is -0.904. The molecule has 0 amide bonds. The van der Waals surface area contributed by atoms with Crippen LogP contribution in [-0.4, -0.2) is 65.7 Å². The Balaban J connectivity index is 4.15. The van der Waals surface area contributed by atoms with Crippen molar-refractivity contribution in [2.45, 2.75) is 264 Å². The highest BCUT2D eigenvalue weighted by Gasteiger charge is 2.27. The molecule has 0 aliphatic rings. The largest absolute Gasteiger partial charge is 0.472 e. The summed E-state index contributed by atoms with van der Waals surface area (Å²) in [7, 11) is -4.61. The molecule has 0 rings (SSSR count). The minimum absolute atomic E-state index is 0.193. The molecule has 0 aliphatic heterocycles. The molecule has 0 radical (unpaired) electrons. The third kappa shape index (κ3) is 43.1. The average Bonchev–Trinajstić information content (AvgIpc) is 3.21. The van der Waals surface area contributed by atoms with Gasteiger partial charge in [-0.2, -0.15) is 0 Å². The lowest BCUT2D eigenvalue weighted by molar-refractivity contribution is -0.161. The molecule has 3 N–H and O–H groups in total. The summed E-state index contributed by atoms with van der Waals surface area (Å²) in [6.07, 6.45) is 42.1. The summed E-state index contributed by atoms with van der Waals surface area (Å²) in [6.45, 7) is 2.44. The molecule has 0 aromatic rings. The van der Waals surface area contributed by atoms with E-state index in [0.717, 1.165) is 32.1 Å². The molecular formula is C47H93O10P. The Morgan fingerprint density at radius 1 is 0.448 bits per heavy atom. The van der Waals surface area contributed by atoms with Gasteiger partial charge in [-0.25, -0.2) is 4.57 Å². The number of rotatable bonds is 47. The molecule has 0 saturated carbocycles. The van der Waals surface area contributed by atoms with Crippen molar-refractivity contribution in [2.24, 2.45) is 0 Å². The van der Waals surface area contributed by atoms with Crippen LogP contribution < -0.4 is 0 Å². The molecule has 0 aliphatic carbocycles. The highest BCUT2D eigenvalue weighted by atomic mass is 31.2. The van der Waals surface area contributed by atoms with Crippen molar-refractivity contribution >= 4 is 19.8 Å². The fourth-order valence-electron chi connectivity index (χ4n) is 7.23. The van der Waals surface area contributed by atoms with Crippen LogP contribution in [0.1, 0.15) is 251 Å². The molecule has 0 bridgehead atoms. The van der Waals surface area contributed by atoms with Gasteiger partial charge < -0.3 is 24.6 Å². The number of carbonyl (C=O) groups is 2. The maximum absolute atomic E-state index is 12.7. The molecule has 0 aromatic heterocycles. The molecule has 0 aromatic carbocycles. The van der Waals surface area contributed by atoms with Gasteiger partial charge in [0, 0.05) is 12.8 Å². The van der Waals surface area contributed by atoms with Gasteiger partial charge in [-0.1, -0.05) is 226 Å². The van der Waals surface area contributed by atoms with E-state index >= 15 is 0 Å². The standard InChI is InChI=1S/C47H93O10P/c1-3-5-7-9-11-13-15-17-19-20-21-22-23-25-27-29-31-33-35-37-39-47(51)57-45(43-56-58(52,53)55-41-44(49)40-48)42-54-46(50)38-36-34-32-30-28-26-24-18-16-14-12-10-8-6-4-2/h44-45,48-49H,3-43H2,1-2H3,(H,52,53). The molecule has 58 heavy (non-hydrogen) atoms. The van der Waals surface area contributed by atoms with Gasteiger partial charge in [-0.05, 0) is 12.8 Å². The lowest BCUT2D eigenvalue weighted by atomic mass is 10.0. The van der Waals surface area contributed by atoms with E-state index in [-0.39, 0.29) is 19.4 Å². The molecule has 0 spiro atoms. The topological polar surface area (TPSA) is 149 Å². The summed E-state index contributed by atoms with van der Waals surface area (Å²) >= 11 is 0.